The van der Waals surface area contributed by atoms with E-state index in [9.17, 15) is 0 Å². The van der Waals surface area contributed by atoms with E-state index in [0.717, 1.165) is 17.9 Å². The smallest absolute Gasteiger partial charge is 1.00 e. The van der Waals surface area contributed by atoms with E-state index in [0.29, 0.717) is 0 Å². The molecule has 2 rings (SSSR count). The van der Waals surface area contributed by atoms with Gasteiger partial charge in [0, 0.05) is 0 Å². The summed E-state index contributed by atoms with van der Waals surface area (Å²) < 4.78 is 6.05. The van der Waals surface area contributed by atoms with E-state index in [-0.39, 0.29) is 62.0 Å². The second-order valence-electron chi connectivity index (χ2n) is 6.95. The van der Waals surface area contributed by atoms with E-state index < -0.39 is 0 Å². The molecule has 1 nitrogen and oxygen atoms in total. The summed E-state index contributed by atoms with van der Waals surface area (Å²) in [5.74, 6) is 1.92. The van der Waals surface area contributed by atoms with Crippen LogP contribution < -0.4 is 63.9 Å². The van der Waals surface area contributed by atoms with Gasteiger partial charge in [-0.1, -0.05) is 101 Å². The zero-order chi connectivity index (χ0) is 17.6. The Morgan fingerprint density at radius 3 is 1.78 bits per heavy atom. The molecule has 0 spiro atoms. The predicted molar refractivity (Wildman–Crippen MR) is 111 cm³/mol. The fourth-order valence-corrected chi connectivity index (χ4v) is 3.23. The fourth-order valence-electron chi connectivity index (χ4n) is 3.23. The first kappa shape index (κ1) is 27.2. The topological polar surface area (TPSA) is 9.23 Å². The van der Waals surface area contributed by atoms with Crippen molar-refractivity contribution >= 4 is 0 Å². The van der Waals surface area contributed by atoms with Gasteiger partial charge >= 0.3 is 59.1 Å². The summed E-state index contributed by atoms with van der Waals surface area (Å²) in [6.07, 6.45) is 14.9. The number of ether oxygens (including phenoxy) is 1. The van der Waals surface area contributed by atoms with Crippen LogP contribution in [0.4, 0.5) is 0 Å². The molecule has 2 aromatic rings. The third-order valence-corrected chi connectivity index (χ3v) is 4.74. The fraction of sp³-hybridized carbons (Fsp3) is 0.500. The third-order valence-electron chi connectivity index (χ3n) is 4.74. The Bertz CT molecular complexity index is 582. The summed E-state index contributed by atoms with van der Waals surface area (Å²) in [6, 6.07) is 18.5. The summed E-state index contributed by atoms with van der Waals surface area (Å²) in [5, 5.41) is 0. The SMILES string of the molecule is CCCCCCCCCCCCc1ccccc1Oc1ccccc1.[H-].[H-].[Na+].[Na+]. The van der Waals surface area contributed by atoms with Crippen molar-refractivity contribution in [2.75, 3.05) is 0 Å². The Morgan fingerprint density at radius 2 is 1.15 bits per heavy atom. The standard InChI is InChI=1S/C24H34O.2Na.2H/c1-2-3-4-5-6-7-8-9-10-12-17-22-18-15-16-21-24(22)25-23-19-13-11-14-20-23;;;;/h11,13-16,18-21H,2-10,12,17H2,1H3;;;;/q;2*+1;2*-1. The van der Waals surface area contributed by atoms with Crippen molar-refractivity contribution in [2.45, 2.75) is 77.6 Å². The van der Waals surface area contributed by atoms with Gasteiger partial charge in [0.2, 0.25) is 0 Å². The van der Waals surface area contributed by atoms with Crippen LogP contribution in [0.3, 0.4) is 0 Å². The van der Waals surface area contributed by atoms with Gasteiger partial charge in [0.15, 0.2) is 0 Å². The second kappa shape index (κ2) is 18.3. The molecule has 0 atom stereocenters. The Kier molecular flexibility index (Phi) is 18.4. The first-order valence-electron chi connectivity index (χ1n) is 10.2. The van der Waals surface area contributed by atoms with E-state index in [2.05, 4.69) is 31.2 Å². The molecule has 2 aromatic carbocycles. The second-order valence-corrected chi connectivity index (χ2v) is 6.95. The van der Waals surface area contributed by atoms with Crippen molar-refractivity contribution in [3.63, 3.8) is 0 Å². The zero-order valence-corrected chi connectivity index (χ0v) is 21.9. The first-order valence-corrected chi connectivity index (χ1v) is 10.2. The molecule has 0 N–H and O–H groups in total. The molecule has 0 heterocycles. The number of aryl methyl sites for hydroxylation is 1. The minimum absolute atomic E-state index is 0. The third kappa shape index (κ3) is 12.4. The molecular weight excluding hydrogens is 350 g/mol. The molecule has 0 bridgehead atoms. The van der Waals surface area contributed by atoms with Crippen LogP contribution in [0.2, 0.25) is 0 Å². The largest absolute Gasteiger partial charge is 1.00 e. The zero-order valence-electron chi connectivity index (χ0n) is 19.9. The van der Waals surface area contributed by atoms with Crippen LogP contribution in [0.15, 0.2) is 54.6 Å². The molecule has 0 aliphatic rings. The molecule has 0 amide bonds. The Balaban J connectivity index is -0.00000169. The molecule has 0 aromatic heterocycles. The summed E-state index contributed by atoms with van der Waals surface area (Å²) in [6.45, 7) is 2.28. The maximum Gasteiger partial charge on any atom is 1.00 e. The van der Waals surface area contributed by atoms with Crippen LogP contribution in [0.5, 0.6) is 11.5 Å². The maximum atomic E-state index is 6.05. The Morgan fingerprint density at radius 1 is 0.630 bits per heavy atom. The number of para-hydroxylation sites is 2. The average Bonchev–Trinajstić information content (AvgIpc) is 2.65. The molecule has 3 heteroatoms. The molecule has 0 unspecified atom stereocenters. The minimum Gasteiger partial charge on any atom is -1.00 e. The number of hydrogen-bond acceptors (Lipinski definition) is 1. The van der Waals surface area contributed by atoms with Crippen molar-refractivity contribution in [3.05, 3.63) is 60.2 Å². The van der Waals surface area contributed by atoms with Gasteiger partial charge in [-0.25, -0.2) is 0 Å². The van der Waals surface area contributed by atoms with Crippen LogP contribution in [-0.2, 0) is 6.42 Å². The monoisotopic (exact) mass is 386 g/mol. The number of rotatable bonds is 13. The normalized spacial score (nSPS) is 9.96. The predicted octanol–water partition coefficient (Wildman–Crippen LogP) is 2.18. The van der Waals surface area contributed by atoms with E-state index in [1.807, 2.05) is 30.3 Å². The van der Waals surface area contributed by atoms with Crippen molar-refractivity contribution in [1.82, 2.24) is 0 Å². The van der Waals surface area contributed by atoms with Crippen LogP contribution >= 0.6 is 0 Å². The average molecular weight is 387 g/mol. The molecule has 0 aliphatic carbocycles. The van der Waals surface area contributed by atoms with E-state index in [1.165, 1.54) is 69.8 Å². The quantitative estimate of drug-likeness (QED) is 0.379. The van der Waals surface area contributed by atoms with Gasteiger partial charge in [-0.15, -0.1) is 0 Å². The van der Waals surface area contributed by atoms with Crippen molar-refractivity contribution in [1.29, 1.82) is 0 Å². The Labute approximate surface area is 214 Å². The summed E-state index contributed by atoms with van der Waals surface area (Å²) in [5.41, 5.74) is 1.32. The number of hydrogen-bond donors (Lipinski definition) is 0. The first-order chi connectivity index (χ1) is 12.4. The van der Waals surface area contributed by atoms with Crippen LogP contribution in [0.1, 0.15) is 79.5 Å². The van der Waals surface area contributed by atoms with Crippen molar-refractivity contribution < 1.29 is 66.7 Å². The van der Waals surface area contributed by atoms with Crippen molar-refractivity contribution in [3.8, 4) is 11.5 Å². The Hall–Kier alpha value is 0.240. The van der Waals surface area contributed by atoms with Gasteiger partial charge in [-0.05, 0) is 36.6 Å². The van der Waals surface area contributed by atoms with E-state index >= 15 is 0 Å². The number of benzene rings is 2. The van der Waals surface area contributed by atoms with Gasteiger partial charge in [0.25, 0.3) is 0 Å². The molecular formula is C24H36Na2O. The van der Waals surface area contributed by atoms with Crippen LogP contribution in [0, 0.1) is 0 Å². The van der Waals surface area contributed by atoms with Gasteiger partial charge in [0.05, 0.1) is 0 Å². The molecule has 0 radical (unpaired) electrons. The summed E-state index contributed by atoms with van der Waals surface area (Å²) in [7, 11) is 0. The summed E-state index contributed by atoms with van der Waals surface area (Å²) in [4.78, 5) is 0. The van der Waals surface area contributed by atoms with Crippen LogP contribution in [-0.4, -0.2) is 0 Å². The minimum atomic E-state index is 0. The van der Waals surface area contributed by atoms with Gasteiger partial charge in [0.1, 0.15) is 11.5 Å². The molecule has 0 saturated heterocycles. The molecule has 140 valence electrons. The van der Waals surface area contributed by atoms with E-state index in [1.54, 1.807) is 0 Å². The van der Waals surface area contributed by atoms with Crippen LogP contribution in [0.25, 0.3) is 0 Å². The van der Waals surface area contributed by atoms with Gasteiger partial charge < -0.3 is 7.59 Å². The van der Waals surface area contributed by atoms with Gasteiger partial charge in [-0.3, -0.25) is 0 Å². The van der Waals surface area contributed by atoms with E-state index in [4.69, 9.17) is 4.74 Å². The number of unbranched alkanes of at least 4 members (excludes halogenated alkanes) is 9. The molecule has 0 fully saturated rings. The molecule has 27 heavy (non-hydrogen) atoms. The van der Waals surface area contributed by atoms with Crippen molar-refractivity contribution in [2.24, 2.45) is 0 Å². The maximum absolute atomic E-state index is 6.05. The molecule has 0 aliphatic heterocycles. The molecule has 0 saturated carbocycles. The van der Waals surface area contributed by atoms with Gasteiger partial charge in [-0.2, -0.15) is 0 Å². The summed E-state index contributed by atoms with van der Waals surface area (Å²) >= 11 is 0.